The predicted octanol–water partition coefficient (Wildman–Crippen LogP) is 4.86. The molecule has 35 heavy (non-hydrogen) atoms. The Morgan fingerprint density at radius 3 is 1.66 bits per heavy atom. The van der Waals surface area contributed by atoms with Crippen LogP contribution in [0.2, 0.25) is 0 Å². The van der Waals surface area contributed by atoms with Crippen molar-refractivity contribution in [3.63, 3.8) is 0 Å². The molecule has 7 heteroatoms. The molecule has 0 atom stereocenters. The van der Waals surface area contributed by atoms with Gasteiger partial charge < -0.3 is 25.2 Å². The summed E-state index contributed by atoms with van der Waals surface area (Å²) >= 11 is 0. The van der Waals surface area contributed by atoms with Gasteiger partial charge in [0.1, 0.15) is 11.3 Å². The molecular weight excluding hydrogens is 472 g/mol. The Labute approximate surface area is 239 Å². The summed E-state index contributed by atoms with van der Waals surface area (Å²) in [5.41, 5.74) is 1.66. The molecule has 0 spiro atoms. The third-order valence-electron chi connectivity index (χ3n) is 5.69. The third kappa shape index (κ3) is 13.8. The van der Waals surface area contributed by atoms with Gasteiger partial charge in [-0.3, -0.25) is 0 Å². The van der Waals surface area contributed by atoms with Gasteiger partial charge >= 0.3 is 43.7 Å². The quantitative estimate of drug-likeness (QED) is 0.277. The molecule has 0 bridgehead atoms. The zero-order valence-corrected chi connectivity index (χ0v) is 23.4. The van der Waals surface area contributed by atoms with E-state index < -0.39 is 17.7 Å². The molecule has 0 saturated carbocycles. The number of rotatable bonds is 14. The molecule has 0 aromatic heterocycles. The number of unbranched alkanes of at least 4 members (excludes halogenated alkanes) is 8. The van der Waals surface area contributed by atoms with E-state index in [0.29, 0.717) is 0 Å². The molecule has 2 aromatic rings. The van der Waals surface area contributed by atoms with Gasteiger partial charge in [-0.2, -0.15) is 0 Å². The Bertz CT molecular complexity index is 824. The molecule has 188 valence electrons. The molecule has 0 heterocycles. The van der Waals surface area contributed by atoms with Crippen LogP contribution >= 0.6 is 0 Å². The number of phenols is 1. The smallest absolute Gasteiger partial charge is 0.872 e. The van der Waals surface area contributed by atoms with Crippen molar-refractivity contribution in [1.82, 2.24) is 0 Å². The number of carboxylic acids is 2. The van der Waals surface area contributed by atoms with Gasteiger partial charge in [0.25, 0.3) is 0 Å². The molecule has 0 radical (unpaired) electrons. The molecular formula is C28H38CaO6. The molecule has 0 saturated heterocycles. The van der Waals surface area contributed by atoms with Crippen LogP contribution in [-0.4, -0.2) is 59.9 Å². The Hall–Kier alpha value is -1.76. The van der Waals surface area contributed by atoms with Crippen molar-refractivity contribution < 1.29 is 30.0 Å². The van der Waals surface area contributed by atoms with Crippen LogP contribution in [0.3, 0.4) is 0 Å². The summed E-state index contributed by atoms with van der Waals surface area (Å²) in [5, 5.41) is 40.1. The van der Waals surface area contributed by atoms with Crippen molar-refractivity contribution >= 4 is 49.7 Å². The molecule has 2 aromatic carbocycles. The third-order valence-corrected chi connectivity index (χ3v) is 5.69. The number of aromatic hydroxyl groups is 1. The normalized spacial score (nSPS) is 10.1. The van der Waals surface area contributed by atoms with E-state index in [0.717, 1.165) is 43.2 Å². The van der Waals surface area contributed by atoms with Gasteiger partial charge in [-0.15, -0.1) is 0 Å². The summed E-state index contributed by atoms with van der Waals surface area (Å²) < 4.78 is 0. The molecule has 2 N–H and O–H groups in total. The summed E-state index contributed by atoms with van der Waals surface area (Å²) in [6.07, 6.45) is 13.5. The number of hydrogen-bond donors (Lipinski definition) is 2. The Kier molecular flexibility index (Phi) is 18.5. The number of aryl methyl sites for hydroxylation is 2. The maximum atomic E-state index is 11.2. The number of carbonyl (C=O) groups excluding carboxylic acids is 1. The first-order valence-corrected chi connectivity index (χ1v) is 12.4. The Morgan fingerprint density at radius 1 is 0.743 bits per heavy atom. The molecule has 0 aliphatic carbocycles. The Morgan fingerprint density at radius 2 is 1.20 bits per heavy atom. The SMILES string of the molecule is CCCCCCCc1ccc(O)c(C(=O)O)c1.CCCCCCCc1ccc([O-])c(C(=O)[O-])c1.[Ca+2]. The van der Waals surface area contributed by atoms with E-state index in [-0.39, 0.29) is 54.6 Å². The number of carbonyl (C=O) groups is 2. The molecule has 0 fully saturated rings. The maximum Gasteiger partial charge on any atom is 2.00 e. The van der Waals surface area contributed by atoms with Crippen LogP contribution in [0.15, 0.2) is 36.4 Å². The van der Waals surface area contributed by atoms with Crippen molar-refractivity contribution in [2.24, 2.45) is 0 Å². The minimum Gasteiger partial charge on any atom is -0.872 e. The van der Waals surface area contributed by atoms with Crippen LogP contribution in [0, 0.1) is 0 Å². The van der Waals surface area contributed by atoms with E-state index >= 15 is 0 Å². The number of hydrogen-bond acceptors (Lipinski definition) is 5. The number of aromatic carboxylic acids is 2. The minimum absolute atomic E-state index is 0. The largest absolute Gasteiger partial charge is 2.00 e. The van der Waals surface area contributed by atoms with Crippen molar-refractivity contribution in [3.05, 3.63) is 58.7 Å². The Balaban J connectivity index is 0.000000642. The van der Waals surface area contributed by atoms with Gasteiger partial charge in [0.2, 0.25) is 0 Å². The zero-order valence-electron chi connectivity index (χ0n) is 21.2. The van der Waals surface area contributed by atoms with Gasteiger partial charge in [0, 0.05) is 0 Å². The first-order valence-electron chi connectivity index (χ1n) is 12.4. The molecule has 0 aliphatic heterocycles. The molecule has 0 amide bonds. The van der Waals surface area contributed by atoms with Crippen LogP contribution < -0.4 is 10.2 Å². The summed E-state index contributed by atoms with van der Waals surface area (Å²) in [6.45, 7) is 4.35. The number of benzene rings is 2. The van der Waals surface area contributed by atoms with Gasteiger partial charge in [0.05, 0.1) is 5.97 Å². The number of carboxylic acid groups (broad SMARTS) is 2. The zero-order chi connectivity index (χ0) is 25.3. The summed E-state index contributed by atoms with van der Waals surface area (Å²) in [6, 6.07) is 9.28. The first-order chi connectivity index (χ1) is 16.3. The topological polar surface area (TPSA) is 121 Å². The van der Waals surface area contributed by atoms with E-state index in [4.69, 9.17) is 5.11 Å². The van der Waals surface area contributed by atoms with Crippen molar-refractivity contribution in [1.29, 1.82) is 0 Å². The maximum absolute atomic E-state index is 11.2. The van der Waals surface area contributed by atoms with E-state index in [2.05, 4.69) is 13.8 Å². The van der Waals surface area contributed by atoms with Crippen LogP contribution in [0.5, 0.6) is 11.5 Å². The second-order valence-electron chi connectivity index (χ2n) is 8.60. The second-order valence-corrected chi connectivity index (χ2v) is 8.60. The van der Waals surface area contributed by atoms with Gasteiger partial charge in [0.15, 0.2) is 0 Å². The average Bonchev–Trinajstić information content (AvgIpc) is 2.81. The molecule has 6 nitrogen and oxygen atoms in total. The van der Waals surface area contributed by atoms with E-state index in [1.165, 1.54) is 63.1 Å². The standard InChI is InChI=1S/2C14H20O3.Ca/c2*1-2-3-4-5-6-7-11-8-9-13(15)12(10-11)14(16)17;/h2*8-10,15H,2-7H2,1H3,(H,16,17);/q;;+2/p-2. The summed E-state index contributed by atoms with van der Waals surface area (Å²) in [7, 11) is 0. The van der Waals surface area contributed by atoms with Crippen LogP contribution in [0.1, 0.15) is 110 Å². The van der Waals surface area contributed by atoms with E-state index in [9.17, 15) is 24.9 Å². The van der Waals surface area contributed by atoms with Crippen LogP contribution in [0.4, 0.5) is 0 Å². The van der Waals surface area contributed by atoms with Crippen LogP contribution in [-0.2, 0) is 12.8 Å². The van der Waals surface area contributed by atoms with E-state index in [1.54, 1.807) is 18.2 Å². The predicted molar refractivity (Wildman–Crippen MR) is 136 cm³/mol. The van der Waals surface area contributed by atoms with Crippen LogP contribution in [0.25, 0.3) is 0 Å². The fourth-order valence-corrected chi connectivity index (χ4v) is 3.67. The molecule has 0 unspecified atom stereocenters. The fraction of sp³-hybridized carbons (Fsp3) is 0.500. The molecule has 0 aliphatic rings. The monoisotopic (exact) mass is 510 g/mol. The van der Waals surface area contributed by atoms with Gasteiger partial charge in [-0.1, -0.05) is 95.2 Å². The summed E-state index contributed by atoms with van der Waals surface area (Å²) in [5.74, 6) is -3.09. The van der Waals surface area contributed by atoms with Gasteiger partial charge in [-0.05, 0) is 54.5 Å². The average molecular weight is 511 g/mol. The second kappa shape index (κ2) is 19.4. The minimum atomic E-state index is -1.39. The molecule has 2 rings (SSSR count). The first kappa shape index (κ1) is 33.2. The van der Waals surface area contributed by atoms with Crippen molar-refractivity contribution in [3.8, 4) is 11.5 Å². The summed E-state index contributed by atoms with van der Waals surface area (Å²) in [4.78, 5) is 21.5. The van der Waals surface area contributed by atoms with Crippen molar-refractivity contribution in [2.45, 2.75) is 90.9 Å². The fourth-order valence-electron chi connectivity index (χ4n) is 3.67. The van der Waals surface area contributed by atoms with Crippen molar-refractivity contribution in [2.75, 3.05) is 0 Å². The van der Waals surface area contributed by atoms with Gasteiger partial charge in [-0.25, -0.2) is 4.79 Å². The van der Waals surface area contributed by atoms with E-state index in [1.807, 2.05) is 0 Å².